The van der Waals surface area contributed by atoms with E-state index in [1.165, 1.54) is 62.8 Å². The molecule has 1 aromatic carbocycles. The Morgan fingerprint density at radius 2 is 1.74 bits per heavy atom. The van der Waals surface area contributed by atoms with E-state index < -0.39 is 16.1 Å². The van der Waals surface area contributed by atoms with Crippen LogP contribution in [0.15, 0.2) is 29.2 Å². The van der Waals surface area contributed by atoms with Crippen molar-refractivity contribution >= 4 is 16.1 Å². The summed E-state index contributed by atoms with van der Waals surface area (Å²) >= 11 is 0. The molecule has 128 valence electrons. The molecule has 1 fully saturated rings. The fraction of sp³-hybridized carbons (Fsp3) is 0.588. The van der Waals surface area contributed by atoms with Gasteiger partial charge in [-0.15, -0.1) is 0 Å². The molecule has 0 amide bonds. The minimum atomic E-state index is -4.23. The van der Waals surface area contributed by atoms with Gasteiger partial charge < -0.3 is 4.74 Å². The summed E-state index contributed by atoms with van der Waals surface area (Å²) in [5.74, 6) is 0.372. The van der Waals surface area contributed by atoms with Crippen LogP contribution < -0.4 is 0 Å². The second-order valence-corrected chi connectivity index (χ2v) is 7.56. The topological polar surface area (TPSA) is 80.7 Å². The quantitative estimate of drug-likeness (QED) is 0.463. The number of rotatable bonds is 7. The lowest BCUT2D eigenvalue weighted by molar-refractivity contribution is 0.0496. The molecule has 0 saturated heterocycles. The standard InChI is InChI=1S/C17H24O5S/c18-17(15-9-11-16(12-10-15)23(19,20)21)22-13-5-4-8-14-6-2-1-3-7-14/h9-12,14H,1-8,13H2,(H,19,20,21). The van der Waals surface area contributed by atoms with Gasteiger partial charge in [-0.3, -0.25) is 4.55 Å². The van der Waals surface area contributed by atoms with Crippen LogP contribution in [0.1, 0.15) is 61.7 Å². The number of benzene rings is 1. The first-order valence-corrected chi connectivity index (χ1v) is 9.65. The normalized spacial score (nSPS) is 16.2. The predicted molar refractivity (Wildman–Crippen MR) is 87.0 cm³/mol. The highest BCUT2D eigenvalue weighted by Gasteiger charge is 2.14. The predicted octanol–water partition coefficient (Wildman–Crippen LogP) is 3.84. The number of carbonyl (C=O) groups is 1. The Hall–Kier alpha value is -1.40. The van der Waals surface area contributed by atoms with E-state index in [0.717, 1.165) is 18.8 Å². The first-order chi connectivity index (χ1) is 11.0. The fourth-order valence-corrected chi connectivity index (χ4v) is 3.50. The zero-order valence-corrected chi connectivity index (χ0v) is 14.1. The van der Waals surface area contributed by atoms with Crippen LogP contribution in [0.25, 0.3) is 0 Å². The Labute approximate surface area is 137 Å². The second-order valence-electron chi connectivity index (χ2n) is 6.14. The summed E-state index contributed by atoms with van der Waals surface area (Å²) in [6, 6.07) is 5.06. The van der Waals surface area contributed by atoms with Gasteiger partial charge in [-0.05, 0) is 43.0 Å². The molecule has 1 saturated carbocycles. The largest absolute Gasteiger partial charge is 0.462 e. The smallest absolute Gasteiger partial charge is 0.338 e. The summed E-state index contributed by atoms with van der Waals surface area (Å²) in [6.45, 7) is 0.381. The summed E-state index contributed by atoms with van der Waals surface area (Å²) in [4.78, 5) is 11.6. The second kappa shape index (κ2) is 8.45. The van der Waals surface area contributed by atoms with E-state index in [0.29, 0.717) is 6.61 Å². The third-order valence-corrected chi connectivity index (χ3v) is 5.22. The van der Waals surface area contributed by atoms with Gasteiger partial charge in [0.1, 0.15) is 0 Å². The lowest BCUT2D eigenvalue weighted by Crippen LogP contribution is -2.09. The zero-order chi connectivity index (χ0) is 16.7. The maximum atomic E-state index is 11.8. The van der Waals surface area contributed by atoms with Gasteiger partial charge in [0.2, 0.25) is 0 Å². The molecule has 1 N–H and O–H groups in total. The summed E-state index contributed by atoms with van der Waals surface area (Å²) in [7, 11) is -4.23. The van der Waals surface area contributed by atoms with Crippen LogP contribution in [0.2, 0.25) is 0 Å². The lowest BCUT2D eigenvalue weighted by atomic mass is 9.86. The Bertz CT molecular complexity index is 600. The molecule has 0 bridgehead atoms. The van der Waals surface area contributed by atoms with E-state index in [2.05, 4.69) is 0 Å². The minimum absolute atomic E-state index is 0.235. The molecule has 6 heteroatoms. The van der Waals surface area contributed by atoms with Crippen molar-refractivity contribution in [3.63, 3.8) is 0 Å². The number of hydrogen-bond acceptors (Lipinski definition) is 4. The first kappa shape index (κ1) is 17.9. The molecule has 0 spiro atoms. The van der Waals surface area contributed by atoms with E-state index in [9.17, 15) is 13.2 Å². The van der Waals surface area contributed by atoms with Crippen LogP contribution in [0, 0.1) is 5.92 Å². The lowest BCUT2D eigenvalue weighted by Gasteiger charge is -2.21. The van der Waals surface area contributed by atoms with E-state index in [4.69, 9.17) is 9.29 Å². The molecule has 2 rings (SSSR count). The van der Waals surface area contributed by atoms with E-state index in [1.54, 1.807) is 0 Å². The maximum absolute atomic E-state index is 11.8. The Morgan fingerprint density at radius 1 is 1.09 bits per heavy atom. The van der Waals surface area contributed by atoms with Gasteiger partial charge in [0.25, 0.3) is 10.1 Å². The third kappa shape index (κ3) is 5.95. The van der Waals surface area contributed by atoms with Crippen molar-refractivity contribution in [2.75, 3.05) is 6.61 Å². The van der Waals surface area contributed by atoms with E-state index in [-0.39, 0.29) is 10.5 Å². The van der Waals surface area contributed by atoms with Crippen molar-refractivity contribution in [1.29, 1.82) is 0 Å². The van der Waals surface area contributed by atoms with Crippen LogP contribution in [0.5, 0.6) is 0 Å². The number of hydrogen-bond donors (Lipinski definition) is 1. The van der Waals surface area contributed by atoms with Crippen molar-refractivity contribution < 1.29 is 22.5 Å². The van der Waals surface area contributed by atoms with Crippen molar-refractivity contribution in [2.24, 2.45) is 5.92 Å². The average Bonchev–Trinajstić information content (AvgIpc) is 2.54. The van der Waals surface area contributed by atoms with Gasteiger partial charge in [-0.2, -0.15) is 8.42 Å². The third-order valence-electron chi connectivity index (χ3n) is 4.35. The van der Waals surface area contributed by atoms with Gasteiger partial charge in [-0.1, -0.05) is 38.5 Å². The molecular weight excluding hydrogens is 316 g/mol. The summed E-state index contributed by atoms with van der Waals surface area (Å²) < 4.78 is 35.9. The number of ether oxygens (including phenoxy) is 1. The fourth-order valence-electron chi connectivity index (χ4n) is 3.02. The van der Waals surface area contributed by atoms with Gasteiger partial charge >= 0.3 is 5.97 Å². The van der Waals surface area contributed by atoms with Crippen LogP contribution in [-0.4, -0.2) is 25.5 Å². The molecule has 0 heterocycles. The molecule has 0 aromatic heterocycles. The molecule has 0 atom stereocenters. The van der Waals surface area contributed by atoms with E-state index in [1.807, 2.05) is 0 Å². The highest BCUT2D eigenvalue weighted by molar-refractivity contribution is 7.85. The summed E-state index contributed by atoms with van der Waals surface area (Å²) in [6.07, 6.45) is 9.86. The molecule has 0 radical (unpaired) electrons. The zero-order valence-electron chi connectivity index (χ0n) is 13.2. The van der Waals surface area contributed by atoms with Gasteiger partial charge in [0.15, 0.2) is 0 Å². The Balaban J connectivity index is 1.68. The van der Waals surface area contributed by atoms with Crippen molar-refractivity contribution in [3.8, 4) is 0 Å². The van der Waals surface area contributed by atoms with E-state index >= 15 is 0 Å². The maximum Gasteiger partial charge on any atom is 0.338 e. The first-order valence-electron chi connectivity index (χ1n) is 8.21. The molecule has 1 aliphatic rings. The van der Waals surface area contributed by atoms with Crippen molar-refractivity contribution in [1.82, 2.24) is 0 Å². The van der Waals surface area contributed by atoms with Crippen molar-refractivity contribution in [2.45, 2.75) is 56.3 Å². The van der Waals surface area contributed by atoms with Gasteiger partial charge in [0.05, 0.1) is 17.1 Å². The van der Waals surface area contributed by atoms with Crippen LogP contribution >= 0.6 is 0 Å². The molecule has 0 aliphatic heterocycles. The van der Waals surface area contributed by atoms with Crippen LogP contribution in [0.4, 0.5) is 0 Å². The molecule has 0 unspecified atom stereocenters. The number of esters is 1. The number of carbonyl (C=O) groups excluding carboxylic acids is 1. The average molecular weight is 340 g/mol. The highest BCUT2D eigenvalue weighted by Crippen LogP contribution is 2.27. The van der Waals surface area contributed by atoms with Gasteiger partial charge in [-0.25, -0.2) is 4.79 Å². The number of unbranched alkanes of at least 4 members (excludes halogenated alkanes) is 1. The summed E-state index contributed by atoms with van der Waals surface area (Å²) in [5.41, 5.74) is 0.282. The molecule has 5 nitrogen and oxygen atoms in total. The summed E-state index contributed by atoms with van der Waals surface area (Å²) in [5, 5.41) is 0. The molecular formula is C17H24O5S. The Morgan fingerprint density at radius 3 is 2.35 bits per heavy atom. The molecule has 1 aromatic rings. The highest BCUT2D eigenvalue weighted by atomic mass is 32.2. The van der Waals surface area contributed by atoms with Gasteiger partial charge in [0, 0.05) is 0 Å². The molecule has 1 aliphatic carbocycles. The van der Waals surface area contributed by atoms with Crippen LogP contribution in [-0.2, 0) is 14.9 Å². The van der Waals surface area contributed by atoms with Crippen molar-refractivity contribution in [3.05, 3.63) is 29.8 Å². The van der Waals surface area contributed by atoms with Crippen LogP contribution in [0.3, 0.4) is 0 Å². The molecule has 23 heavy (non-hydrogen) atoms. The Kier molecular flexibility index (Phi) is 6.59. The SMILES string of the molecule is O=C(OCCCCC1CCCCC1)c1ccc(S(=O)(=O)O)cc1. The minimum Gasteiger partial charge on any atom is -0.462 e. The monoisotopic (exact) mass is 340 g/mol.